The van der Waals surface area contributed by atoms with Crippen LogP contribution in [0.25, 0.3) is 0 Å². The number of sulfonamides is 1. The van der Waals surface area contributed by atoms with Gasteiger partial charge in [-0.3, -0.25) is 9.10 Å². The van der Waals surface area contributed by atoms with Gasteiger partial charge in [0.25, 0.3) is 0 Å². The van der Waals surface area contributed by atoms with Crippen LogP contribution in [0, 0.1) is 5.82 Å². The van der Waals surface area contributed by atoms with Gasteiger partial charge >= 0.3 is 0 Å². The summed E-state index contributed by atoms with van der Waals surface area (Å²) in [6, 6.07) is 2.36. The zero-order chi connectivity index (χ0) is 14.8. The highest BCUT2D eigenvalue weighted by atomic mass is 35.5. The Labute approximate surface area is 116 Å². The number of nitrogens with two attached hydrogens (primary N) is 1. The van der Waals surface area contributed by atoms with Gasteiger partial charge in [0, 0.05) is 0 Å². The van der Waals surface area contributed by atoms with Crippen LogP contribution < -0.4 is 10.0 Å². The second-order valence-electron chi connectivity index (χ2n) is 3.98. The van der Waals surface area contributed by atoms with Gasteiger partial charge in [-0.05, 0) is 24.6 Å². The molecule has 0 radical (unpaired) electrons. The lowest BCUT2D eigenvalue weighted by molar-refractivity contribution is -0.119. The molecule has 0 unspecified atom stereocenters. The van der Waals surface area contributed by atoms with E-state index in [1.165, 1.54) is 6.07 Å². The van der Waals surface area contributed by atoms with Crippen LogP contribution in [-0.2, 0) is 14.8 Å². The summed E-state index contributed by atoms with van der Waals surface area (Å²) in [5.74, 6) is -1.46. The van der Waals surface area contributed by atoms with E-state index in [1.807, 2.05) is 0 Å². The summed E-state index contributed by atoms with van der Waals surface area (Å²) in [6.07, 6.45) is 1.13. The average Bonchev–Trinajstić information content (AvgIpc) is 2.27. The molecule has 1 rings (SSSR count). The number of hydrogen-bond donors (Lipinski definition) is 1. The van der Waals surface area contributed by atoms with Crippen molar-refractivity contribution in [3.05, 3.63) is 29.0 Å². The van der Waals surface area contributed by atoms with Gasteiger partial charge in [0.1, 0.15) is 11.9 Å². The topological polar surface area (TPSA) is 80.5 Å². The predicted octanol–water partition coefficient (Wildman–Crippen LogP) is 1.51. The van der Waals surface area contributed by atoms with Crippen LogP contribution in [0.15, 0.2) is 18.2 Å². The first-order valence-electron chi connectivity index (χ1n) is 5.42. The molecular weight excluding hydrogens is 295 g/mol. The number of hydrogen-bond acceptors (Lipinski definition) is 3. The summed E-state index contributed by atoms with van der Waals surface area (Å²) in [6.45, 7) is 1.62. The van der Waals surface area contributed by atoms with E-state index in [1.54, 1.807) is 6.92 Å². The van der Waals surface area contributed by atoms with E-state index in [9.17, 15) is 17.6 Å². The molecule has 0 saturated heterocycles. The van der Waals surface area contributed by atoms with Crippen molar-refractivity contribution in [3.63, 3.8) is 0 Å². The molecule has 1 aromatic carbocycles. The Morgan fingerprint density at radius 2 is 2.11 bits per heavy atom. The molecule has 1 aromatic rings. The summed E-state index contributed by atoms with van der Waals surface area (Å²) < 4.78 is 37.6. The summed E-state index contributed by atoms with van der Waals surface area (Å²) in [7, 11) is -3.75. The molecule has 8 heteroatoms. The first kappa shape index (κ1) is 15.7. The lowest BCUT2D eigenvalue weighted by Crippen LogP contribution is -2.47. The predicted molar refractivity (Wildman–Crippen MR) is 72.0 cm³/mol. The molecule has 0 aromatic heterocycles. The lowest BCUT2D eigenvalue weighted by atomic mass is 10.2. The number of amides is 1. The van der Waals surface area contributed by atoms with Crippen LogP contribution in [0.2, 0.25) is 5.02 Å². The van der Waals surface area contributed by atoms with E-state index < -0.39 is 27.8 Å². The second-order valence-corrected chi connectivity index (χ2v) is 6.25. The Morgan fingerprint density at radius 1 is 1.53 bits per heavy atom. The molecule has 106 valence electrons. The number of carbonyl (C=O) groups excluding carboxylic acids is 1. The van der Waals surface area contributed by atoms with Crippen molar-refractivity contribution in [1.29, 1.82) is 0 Å². The van der Waals surface area contributed by atoms with E-state index in [2.05, 4.69) is 0 Å². The second kappa shape index (κ2) is 5.75. The highest BCUT2D eigenvalue weighted by molar-refractivity contribution is 7.92. The monoisotopic (exact) mass is 308 g/mol. The molecule has 19 heavy (non-hydrogen) atoms. The van der Waals surface area contributed by atoms with E-state index in [0.717, 1.165) is 22.7 Å². The molecule has 0 fully saturated rings. The molecule has 0 aliphatic heterocycles. The summed E-state index contributed by atoms with van der Waals surface area (Å²) in [5, 5.41) is -0.231. The van der Waals surface area contributed by atoms with Crippen LogP contribution in [0.1, 0.15) is 13.3 Å². The summed E-state index contributed by atoms with van der Waals surface area (Å²) >= 11 is 5.62. The molecule has 1 atom stereocenters. The zero-order valence-corrected chi connectivity index (χ0v) is 12.0. The van der Waals surface area contributed by atoms with Crippen LogP contribution >= 0.6 is 11.6 Å². The minimum Gasteiger partial charge on any atom is -0.368 e. The van der Waals surface area contributed by atoms with Gasteiger partial charge in [0.2, 0.25) is 15.9 Å². The van der Waals surface area contributed by atoms with Crippen molar-refractivity contribution in [1.82, 2.24) is 0 Å². The fourth-order valence-corrected chi connectivity index (χ4v) is 3.09. The highest BCUT2D eigenvalue weighted by Crippen LogP contribution is 2.26. The maximum absolute atomic E-state index is 13.1. The van der Waals surface area contributed by atoms with Crippen LogP contribution in [0.5, 0.6) is 0 Å². The molecule has 0 bridgehead atoms. The van der Waals surface area contributed by atoms with Crippen molar-refractivity contribution in [3.8, 4) is 0 Å². The Morgan fingerprint density at radius 3 is 2.47 bits per heavy atom. The number of anilines is 1. The van der Waals surface area contributed by atoms with Crippen molar-refractivity contribution in [2.45, 2.75) is 19.4 Å². The van der Waals surface area contributed by atoms with Crippen molar-refractivity contribution < 1.29 is 17.6 Å². The largest absolute Gasteiger partial charge is 0.368 e. The molecular formula is C11H14ClFN2O3S. The quantitative estimate of drug-likeness (QED) is 0.895. The van der Waals surface area contributed by atoms with E-state index in [-0.39, 0.29) is 17.1 Å². The molecule has 0 aliphatic rings. The lowest BCUT2D eigenvalue weighted by Gasteiger charge is -2.28. The number of primary amides is 1. The van der Waals surface area contributed by atoms with Crippen molar-refractivity contribution in [2.75, 3.05) is 10.6 Å². The van der Waals surface area contributed by atoms with Crippen LogP contribution in [-0.4, -0.2) is 26.6 Å². The van der Waals surface area contributed by atoms with Gasteiger partial charge in [-0.15, -0.1) is 0 Å². The van der Waals surface area contributed by atoms with Gasteiger partial charge in [-0.2, -0.15) is 0 Å². The van der Waals surface area contributed by atoms with Gasteiger partial charge in [0.15, 0.2) is 0 Å². The first-order chi connectivity index (χ1) is 8.68. The van der Waals surface area contributed by atoms with E-state index in [0.29, 0.717) is 0 Å². The van der Waals surface area contributed by atoms with Gasteiger partial charge < -0.3 is 5.73 Å². The molecule has 0 spiro atoms. The number of nitrogens with zero attached hydrogens (tertiary/aromatic N) is 1. The van der Waals surface area contributed by atoms with E-state index >= 15 is 0 Å². The Bertz CT molecular complexity index is 592. The molecule has 1 amide bonds. The van der Waals surface area contributed by atoms with Gasteiger partial charge in [-0.1, -0.05) is 18.5 Å². The third kappa shape index (κ3) is 3.57. The van der Waals surface area contributed by atoms with Crippen LogP contribution in [0.4, 0.5) is 10.1 Å². The molecule has 0 heterocycles. The Balaban J connectivity index is 3.40. The van der Waals surface area contributed by atoms with Crippen molar-refractivity contribution in [2.24, 2.45) is 5.73 Å². The zero-order valence-electron chi connectivity index (χ0n) is 10.4. The summed E-state index contributed by atoms with van der Waals surface area (Å²) in [4.78, 5) is 11.4. The number of carbonyl (C=O) groups is 1. The minimum atomic E-state index is -3.75. The Hall–Kier alpha value is -1.34. The van der Waals surface area contributed by atoms with Gasteiger partial charge in [0.05, 0.1) is 17.0 Å². The van der Waals surface area contributed by atoms with E-state index in [4.69, 9.17) is 17.3 Å². The molecule has 5 nitrogen and oxygen atoms in total. The normalized spacial score (nSPS) is 13.1. The fourth-order valence-electron chi connectivity index (χ4n) is 1.71. The smallest absolute Gasteiger partial charge is 0.241 e. The molecule has 0 saturated carbocycles. The number of halogens is 2. The maximum atomic E-state index is 13.1. The fraction of sp³-hybridized carbons (Fsp3) is 0.364. The third-order valence-corrected chi connectivity index (χ3v) is 3.98. The van der Waals surface area contributed by atoms with Gasteiger partial charge in [-0.25, -0.2) is 12.8 Å². The molecule has 0 aliphatic carbocycles. The first-order valence-corrected chi connectivity index (χ1v) is 7.65. The SMILES string of the molecule is CC[C@H](C(N)=O)N(c1ccc(F)c(Cl)c1)S(C)(=O)=O. The van der Waals surface area contributed by atoms with Crippen molar-refractivity contribution >= 4 is 33.2 Å². The molecule has 2 N–H and O–H groups in total. The minimum absolute atomic E-state index is 0.0968. The standard InChI is InChI=1S/C11H14ClFN2O3S/c1-3-10(11(14)16)15(19(2,17)18)7-4-5-9(13)8(12)6-7/h4-6,10H,3H2,1-2H3,(H2,14,16)/t10-/m1/s1. The summed E-state index contributed by atoms with van der Waals surface area (Å²) in [5.41, 5.74) is 5.29. The number of benzene rings is 1. The maximum Gasteiger partial charge on any atom is 0.241 e. The highest BCUT2D eigenvalue weighted by Gasteiger charge is 2.30. The number of rotatable bonds is 5. The average molecular weight is 309 g/mol. The van der Waals surface area contributed by atoms with Crippen LogP contribution in [0.3, 0.4) is 0 Å². The third-order valence-electron chi connectivity index (χ3n) is 2.51. The Kier molecular flexibility index (Phi) is 4.75.